The third kappa shape index (κ3) is 4.09. The summed E-state index contributed by atoms with van der Waals surface area (Å²) in [7, 11) is 0. The van der Waals surface area contributed by atoms with Gasteiger partial charge in [-0.3, -0.25) is 4.79 Å². The monoisotopic (exact) mass is 348 g/mol. The highest BCUT2D eigenvalue weighted by molar-refractivity contribution is 5.97. The second-order valence-corrected chi connectivity index (χ2v) is 6.42. The van der Waals surface area contributed by atoms with E-state index in [1.165, 1.54) is 24.5 Å². The van der Waals surface area contributed by atoms with E-state index in [9.17, 15) is 9.59 Å². The molecule has 0 bridgehead atoms. The van der Waals surface area contributed by atoms with Crippen LogP contribution < -0.4 is 5.32 Å². The van der Waals surface area contributed by atoms with E-state index in [-0.39, 0.29) is 0 Å². The van der Waals surface area contributed by atoms with Gasteiger partial charge in [-0.2, -0.15) is 5.26 Å². The number of rotatable bonds is 4. The molecule has 1 aliphatic rings. The largest absolute Gasteiger partial charge is 0.449 e. The fourth-order valence-electron chi connectivity index (χ4n) is 3.05. The number of anilines is 1. The van der Waals surface area contributed by atoms with Gasteiger partial charge in [0.25, 0.3) is 5.91 Å². The molecule has 0 unspecified atom stereocenters. The van der Waals surface area contributed by atoms with Crippen molar-refractivity contribution >= 4 is 17.6 Å². The molecule has 1 atom stereocenters. The Morgan fingerprint density at radius 2 is 1.88 bits per heavy atom. The molecule has 0 fully saturated rings. The van der Waals surface area contributed by atoms with E-state index in [1.54, 1.807) is 30.3 Å². The van der Waals surface area contributed by atoms with Gasteiger partial charge in [0, 0.05) is 5.69 Å². The van der Waals surface area contributed by atoms with Gasteiger partial charge in [-0.05, 0) is 74.1 Å². The number of nitriles is 1. The average molecular weight is 348 g/mol. The lowest BCUT2D eigenvalue weighted by atomic mass is 9.90. The highest BCUT2D eigenvalue weighted by Gasteiger charge is 2.20. The molecule has 5 nitrogen and oxygen atoms in total. The van der Waals surface area contributed by atoms with Gasteiger partial charge in [0.2, 0.25) is 0 Å². The molecular formula is C21H20N2O3. The van der Waals surface area contributed by atoms with Crippen molar-refractivity contribution in [1.29, 1.82) is 5.26 Å². The number of carbonyl (C=O) groups excluding carboxylic acids is 2. The average Bonchev–Trinajstić information content (AvgIpc) is 2.67. The zero-order valence-electron chi connectivity index (χ0n) is 14.6. The molecule has 2 aromatic carbocycles. The molecule has 132 valence electrons. The molecule has 1 amide bonds. The molecule has 0 heterocycles. The van der Waals surface area contributed by atoms with Crippen molar-refractivity contribution in [3.05, 3.63) is 64.7 Å². The van der Waals surface area contributed by atoms with Gasteiger partial charge in [0.15, 0.2) is 6.10 Å². The van der Waals surface area contributed by atoms with Crippen molar-refractivity contribution < 1.29 is 14.3 Å². The van der Waals surface area contributed by atoms with Crippen LogP contribution in [0, 0.1) is 11.3 Å². The Balaban J connectivity index is 1.63. The summed E-state index contributed by atoms with van der Waals surface area (Å²) in [6, 6.07) is 14.2. The summed E-state index contributed by atoms with van der Waals surface area (Å²) in [5.74, 6) is -0.946. The first-order valence-electron chi connectivity index (χ1n) is 8.70. The fraction of sp³-hybridized carbons (Fsp3) is 0.286. The molecule has 2 aromatic rings. The zero-order valence-corrected chi connectivity index (χ0v) is 14.6. The third-order valence-corrected chi connectivity index (χ3v) is 4.50. The van der Waals surface area contributed by atoms with Crippen LogP contribution in [-0.2, 0) is 22.4 Å². The quantitative estimate of drug-likeness (QED) is 0.856. The second-order valence-electron chi connectivity index (χ2n) is 6.42. The van der Waals surface area contributed by atoms with Crippen LogP contribution in [0.15, 0.2) is 42.5 Å². The molecule has 0 radical (unpaired) electrons. The number of nitrogens with zero attached hydrogens (tertiary/aromatic N) is 1. The first-order valence-corrected chi connectivity index (χ1v) is 8.70. The summed E-state index contributed by atoms with van der Waals surface area (Å²) in [4.78, 5) is 24.6. The molecule has 0 spiro atoms. The van der Waals surface area contributed by atoms with Crippen LogP contribution in [0.1, 0.15) is 46.8 Å². The number of esters is 1. The molecular weight excluding hydrogens is 328 g/mol. The minimum absolute atomic E-state index is 0.439. The summed E-state index contributed by atoms with van der Waals surface area (Å²) < 4.78 is 5.30. The molecule has 3 rings (SSSR count). The molecule has 0 aromatic heterocycles. The minimum Gasteiger partial charge on any atom is -0.449 e. The van der Waals surface area contributed by atoms with Crippen LogP contribution in [0.4, 0.5) is 5.69 Å². The Morgan fingerprint density at radius 3 is 2.65 bits per heavy atom. The highest BCUT2D eigenvalue weighted by atomic mass is 16.5. The van der Waals surface area contributed by atoms with Crippen molar-refractivity contribution in [3.63, 3.8) is 0 Å². The number of benzene rings is 2. The van der Waals surface area contributed by atoms with E-state index >= 15 is 0 Å². The number of carbonyl (C=O) groups is 2. The number of nitrogens with one attached hydrogen (secondary N) is 1. The molecule has 0 saturated carbocycles. The topological polar surface area (TPSA) is 79.2 Å². The van der Waals surface area contributed by atoms with Gasteiger partial charge in [-0.15, -0.1) is 0 Å². The van der Waals surface area contributed by atoms with Gasteiger partial charge >= 0.3 is 5.97 Å². The Hall–Kier alpha value is -3.13. The zero-order chi connectivity index (χ0) is 18.5. The van der Waals surface area contributed by atoms with Crippen LogP contribution in [0.25, 0.3) is 0 Å². The van der Waals surface area contributed by atoms with E-state index < -0.39 is 18.0 Å². The summed E-state index contributed by atoms with van der Waals surface area (Å²) in [6.45, 7) is 1.53. The van der Waals surface area contributed by atoms with Crippen molar-refractivity contribution in [3.8, 4) is 6.07 Å². The molecule has 26 heavy (non-hydrogen) atoms. The molecule has 0 saturated heterocycles. The second kappa shape index (κ2) is 7.83. The van der Waals surface area contributed by atoms with E-state index in [1.807, 2.05) is 18.2 Å². The third-order valence-electron chi connectivity index (χ3n) is 4.50. The van der Waals surface area contributed by atoms with Gasteiger partial charge in [-0.25, -0.2) is 4.79 Å². The van der Waals surface area contributed by atoms with Crippen LogP contribution in [0.3, 0.4) is 0 Å². The standard InChI is InChI=1S/C21H20N2O3/c1-14(20(24)23-19-8-4-5-15(11-19)13-22)26-21(25)18-10-9-16-6-2-3-7-17(16)12-18/h4-5,8-12,14H,2-3,6-7H2,1H3,(H,23,24)/t14-/m0/s1. The lowest BCUT2D eigenvalue weighted by molar-refractivity contribution is -0.123. The van der Waals surface area contributed by atoms with E-state index in [0.29, 0.717) is 16.8 Å². The van der Waals surface area contributed by atoms with Gasteiger partial charge < -0.3 is 10.1 Å². The van der Waals surface area contributed by atoms with Crippen molar-refractivity contribution in [1.82, 2.24) is 0 Å². The van der Waals surface area contributed by atoms with Crippen molar-refractivity contribution in [2.24, 2.45) is 0 Å². The number of ether oxygens (including phenoxy) is 1. The number of hydrogen-bond donors (Lipinski definition) is 1. The van der Waals surface area contributed by atoms with Gasteiger partial charge in [0.1, 0.15) is 0 Å². The number of amides is 1. The van der Waals surface area contributed by atoms with E-state index in [2.05, 4.69) is 5.32 Å². The molecule has 1 N–H and O–H groups in total. The smallest absolute Gasteiger partial charge is 0.338 e. The SMILES string of the molecule is C[C@H](OC(=O)c1ccc2c(c1)CCCC2)C(=O)Nc1cccc(C#N)c1. The minimum atomic E-state index is -0.940. The summed E-state index contributed by atoms with van der Waals surface area (Å²) in [6.07, 6.45) is 3.39. The first kappa shape index (κ1) is 17.7. The number of fused-ring (bicyclic) bond motifs is 1. The summed E-state index contributed by atoms with van der Waals surface area (Å²) in [5, 5.41) is 11.6. The lowest BCUT2D eigenvalue weighted by Gasteiger charge is -2.17. The predicted molar refractivity (Wildman–Crippen MR) is 97.7 cm³/mol. The maximum Gasteiger partial charge on any atom is 0.338 e. The number of hydrogen-bond acceptors (Lipinski definition) is 4. The Bertz CT molecular complexity index is 883. The summed E-state index contributed by atoms with van der Waals surface area (Å²) in [5.41, 5.74) is 3.89. The Morgan fingerprint density at radius 1 is 1.12 bits per heavy atom. The van der Waals surface area contributed by atoms with Crippen molar-refractivity contribution in [2.75, 3.05) is 5.32 Å². The maximum absolute atomic E-state index is 12.4. The van der Waals surface area contributed by atoms with Crippen LogP contribution in [0.2, 0.25) is 0 Å². The van der Waals surface area contributed by atoms with Gasteiger partial charge in [-0.1, -0.05) is 12.1 Å². The lowest BCUT2D eigenvalue weighted by Crippen LogP contribution is -2.30. The maximum atomic E-state index is 12.4. The molecule has 1 aliphatic carbocycles. The first-order chi connectivity index (χ1) is 12.6. The van der Waals surface area contributed by atoms with E-state index in [4.69, 9.17) is 10.00 Å². The highest BCUT2D eigenvalue weighted by Crippen LogP contribution is 2.22. The predicted octanol–water partition coefficient (Wildman–Crippen LogP) is 3.62. The van der Waals surface area contributed by atoms with Crippen molar-refractivity contribution in [2.45, 2.75) is 38.7 Å². The number of aryl methyl sites for hydroxylation is 2. The van der Waals surface area contributed by atoms with Crippen LogP contribution in [0.5, 0.6) is 0 Å². The molecule has 5 heteroatoms. The fourth-order valence-corrected chi connectivity index (χ4v) is 3.05. The van der Waals surface area contributed by atoms with E-state index in [0.717, 1.165) is 19.3 Å². The Kier molecular flexibility index (Phi) is 5.33. The van der Waals surface area contributed by atoms with Gasteiger partial charge in [0.05, 0.1) is 17.2 Å². The van der Waals surface area contributed by atoms with Crippen LogP contribution >= 0.6 is 0 Å². The molecule has 0 aliphatic heterocycles. The summed E-state index contributed by atoms with van der Waals surface area (Å²) >= 11 is 0. The normalized spacial score (nSPS) is 13.8. The Labute approximate surface area is 152 Å². The van der Waals surface area contributed by atoms with Crippen LogP contribution in [-0.4, -0.2) is 18.0 Å².